The molecule has 0 aromatic heterocycles. The molecule has 0 spiro atoms. The molecule has 0 aliphatic heterocycles. The van der Waals surface area contributed by atoms with Crippen molar-refractivity contribution in [2.45, 2.75) is 11.8 Å². The lowest BCUT2D eigenvalue weighted by Crippen LogP contribution is -2.13. The maximum absolute atomic E-state index is 12.6. The van der Waals surface area contributed by atoms with Crippen molar-refractivity contribution >= 4 is 33.4 Å². The number of amides is 1. The van der Waals surface area contributed by atoms with Crippen LogP contribution in [0.15, 0.2) is 71.6 Å². The highest BCUT2D eigenvalue weighted by molar-refractivity contribution is 7.92. The van der Waals surface area contributed by atoms with Crippen molar-refractivity contribution in [3.05, 3.63) is 77.9 Å². The predicted molar refractivity (Wildman–Crippen MR) is 132 cm³/mol. The van der Waals surface area contributed by atoms with Gasteiger partial charge in [-0.1, -0.05) is 17.7 Å². The van der Waals surface area contributed by atoms with E-state index in [-0.39, 0.29) is 4.90 Å². The lowest BCUT2D eigenvalue weighted by Gasteiger charge is -2.14. The summed E-state index contributed by atoms with van der Waals surface area (Å²) >= 11 is 0. The summed E-state index contributed by atoms with van der Waals surface area (Å²) in [7, 11) is 0.771. The first kappa shape index (κ1) is 24.7. The summed E-state index contributed by atoms with van der Waals surface area (Å²) in [6.45, 7) is 1.92. The average Bonchev–Trinajstić information content (AvgIpc) is 2.83. The van der Waals surface area contributed by atoms with Gasteiger partial charge in [-0.05, 0) is 61.5 Å². The number of hydrogen-bond donors (Lipinski definition) is 2. The number of ether oxygens (including phenoxy) is 3. The molecule has 0 heterocycles. The first-order chi connectivity index (χ1) is 16.3. The highest BCUT2D eigenvalue weighted by atomic mass is 32.2. The number of carbonyl (C=O) groups is 1. The van der Waals surface area contributed by atoms with Gasteiger partial charge >= 0.3 is 0 Å². The number of sulfonamides is 1. The molecule has 2 N–H and O–H groups in total. The second-order valence-corrected chi connectivity index (χ2v) is 8.92. The third-order valence-electron chi connectivity index (χ3n) is 4.88. The SMILES string of the molecule is COc1ccc(/C=C/C(=O)Nc2ccc(S(=O)(=O)Nc3ccc(C)cc3)cc2)c(OC)c1OC. The fourth-order valence-electron chi connectivity index (χ4n) is 3.16. The fraction of sp³-hybridized carbons (Fsp3) is 0.160. The van der Waals surface area contributed by atoms with E-state index in [0.29, 0.717) is 34.2 Å². The van der Waals surface area contributed by atoms with Gasteiger partial charge < -0.3 is 19.5 Å². The fourth-order valence-corrected chi connectivity index (χ4v) is 4.22. The largest absolute Gasteiger partial charge is 0.493 e. The van der Waals surface area contributed by atoms with Crippen LogP contribution in [-0.4, -0.2) is 35.7 Å². The van der Waals surface area contributed by atoms with Crippen LogP contribution in [0.2, 0.25) is 0 Å². The minimum absolute atomic E-state index is 0.0803. The van der Waals surface area contributed by atoms with E-state index in [1.807, 2.05) is 19.1 Å². The Kier molecular flexibility index (Phi) is 7.80. The zero-order valence-electron chi connectivity index (χ0n) is 19.3. The number of rotatable bonds is 9. The number of nitrogens with one attached hydrogen (secondary N) is 2. The summed E-state index contributed by atoms with van der Waals surface area (Å²) in [5, 5.41) is 2.70. The quantitative estimate of drug-likeness (QED) is 0.436. The smallest absolute Gasteiger partial charge is 0.261 e. The van der Waals surface area contributed by atoms with Gasteiger partial charge in [0.05, 0.1) is 26.2 Å². The summed E-state index contributed by atoms with van der Waals surface area (Å²) in [6.07, 6.45) is 2.92. The van der Waals surface area contributed by atoms with Gasteiger partial charge in [0.25, 0.3) is 10.0 Å². The molecule has 1 amide bonds. The first-order valence-electron chi connectivity index (χ1n) is 10.2. The van der Waals surface area contributed by atoms with Crippen LogP contribution in [-0.2, 0) is 14.8 Å². The number of benzene rings is 3. The highest BCUT2D eigenvalue weighted by Crippen LogP contribution is 2.40. The van der Waals surface area contributed by atoms with Crippen molar-refractivity contribution in [3.63, 3.8) is 0 Å². The van der Waals surface area contributed by atoms with E-state index in [2.05, 4.69) is 10.0 Å². The highest BCUT2D eigenvalue weighted by Gasteiger charge is 2.15. The van der Waals surface area contributed by atoms with Crippen molar-refractivity contribution < 1.29 is 27.4 Å². The molecule has 9 heteroatoms. The molecule has 3 aromatic rings. The molecular weight excluding hydrogens is 456 g/mol. The molecule has 178 valence electrons. The first-order valence-corrected chi connectivity index (χ1v) is 11.7. The molecule has 0 aliphatic carbocycles. The van der Waals surface area contributed by atoms with E-state index in [1.165, 1.54) is 51.7 Å². The van der Waals surface area contributed by atoms with Gasteiger partial charge in [0.1, 0.15) is 0 Å². The zero-order chi connectivity index (χ0) is 24.7. The van der Waals surface area contributed by atoms with Gasteiger partial charge in [-0.2, -0.15) is 0 Å². The number of methoxy groups -OCH3 is 3. The second kappa shape index (κ2) is 10.8. The maximum atomic E-state index is 12.6. The normalized spacial score (nSPS) is 11.2. The van der Waals surface area contributed by atoms with Gasteiger partial charge in [0.15, 0.2) is 11.5 Å². The van der Waals surface area contributed by atoms with Gasteiger partial charge in [0, 0.05) is 23.0 Å². The Morgan fingerprint density at radius 1 is 0.794 bits per heavy atom. The molecule has 3 rings (SSSR count). The van der Waals surface area contributed by atoms with Crippen LogP contribution in [0, 0.1) is 6.92 Å². The van der Waals surface area contributed by atoms with Gasteiger partial charge in [-0.15, -0.1) is 0 Å². The van der Waals surface area contributed by atoms with Crippen LogP contribution in [0.3, 0.4) is 0 Å². The molecule has 0 aliphatic rings. The standard InChI is InChI=1S/C25H26N2O6S/c1-17-5-9-20(10-6-17)27-34(29,30)21-13-11-19(12-14-21)26-23(28)16-8-18-7-15-22(31-2)25(33-4)24(18)32-3/h5-16,27H,1-4H3,(H,26,28)/b16-8+. The molecule has 34 heavy (non-hydrogen) atoms. The van der Waals surface area contributed by atoms with Crippen molar-refractivity contribution in [1.82, 2.24) is 0 Å². The van der Waals surface area contributed by atoms with Crippen molar-refractivity contribution in [2.24, 2.45) is 0 Å². The van der Waals surface area contributed by atoms with Crippen LogP contribution < -0.4 is 24.2 Å². The van der Waals surface area contributed by atoms with E-state index in [0.717, 1.165) is 5.56 Å². The van der Waals surface area contributed by atoms with E-state index >= 15 is 0 Å². The van der Waals surface area contributed by atoms with Crippen LogP contribution in [0.1, 0.15) is 11.1 Å². The lowest BCUT2D eigenvalue weighted by molar-refractivity contribution is -0.111. The van der Waals surface area contributed by atoms with E-state index in [1.54, 1.807) is 30.3 Å². The van der Waals surface area contributed by atoms with Crippen LogP contribution in [0.25, 0.3) is 6.08 Å². The molecule has 3 aromatic carbocycles. The number of hydrogen-bond acceptors (Lipinski definition) is 6. The molecule has 0 radical (unpaired) electrons. The Bertz CT molecular complexity index is 1280. The minimum atomic E-state index is -3.75. The third kappa shape index (κ3) is 5.87. The Morgan fingerprint density at radius 3 is 2.00 bits per heavy atom. The summed E-state index contributed by atoms with van der Waals surface area (Å²) in [5.74, 6) is 0.961. The Balaban J connectivity index is 1.69. The number of anilines is 2. The van der Waals surface area contributed by atoms with E-state index in [4.69, 9.17) is 14.2 Å². The summed E-state index contributed by atoms with van der Waals surface area (Å²) in [6, 6.07) is 16.4. The lowest BCUT2D eigenvalue weighted by atomic mass is 10.1. The minimum Gasteiger partial charge on any atom is -0.493 e. The molecule has 8 nitrogen and oxygen atoms in total. The van der Waals surface area contributed by atoms with Crippen molar-refractivity contribution in [3.8, 4) is 17.2 Å². The molecule has 0 saturated heterocycles. The molecule has 0 fully saturated rings. The Hall–Kier alpha value is -3.98. The summed E-state index contributed by atoms with van der Waals surface area (Å²) < 4.78 is 43.7. The van der Waals surface area contributed by atoms with Crippen molar-refractivity contribution in [1.29, 1.82) is 0 Å². The third-order valence-corrected chi connectivity index (χ3v) is 6.28. The Morgan fingerprint density at radius 2 is 1.41 bits per heavy atom. The molecule has 0 bridgehead atoms. The maximum Gasteiger partial charge on any atom is 0.261 e. The Labute approximate surface area is 199 Å². The van der Waals surface area contributed by atoms with Crippen LogP contribution >= 0.6 is 0 Å². The van der Waals surface area contributed by atoms with E-state index in [9.17, 15) is 13.2 Å². The predicted octanol–water partition coefficient (Wildman–Crippen LogP) is 4.47. The summed E-state index contributed by atoms with van der Waals surface area (Å²) in [4.78, 5) is 12.5. The molecular formula is C25H26N2O6S. The van der Waals surface area contributed by atoms with Crippen molar-refractivity contribution in [2.75, 3.05) is 31.4 Å². The topological polar surface area (TPSA) is 103 Å². The van der Waals surface area contributed by atoms with Crippen LogP contribution in [0.4, 0.5) is 11.4 Å². The summed E-state index contributed by atoms with van der Waals surface area (Å²) in [5.41, 5.74) is 2.57. The molecule has 0 saturated carbocycles. The van der Waals surface area contributed by atoms with Gasteiger partial charge in [-0.25, -0.2) is 8.42 Å². The molecule has 0 unspecified atom stereocenters. The van der Waals surface area contributed by atoms with Gasteiger partial charge in [0.2, 0.25) is 11.7 Å². The van der Waals surface area contributed by atoms with Crippen LogP contribution in [0.5, 0.6) is 17.2 Å². The second-order valence-electron chi connectivity index (χ2n) is 7.24. The molecule has 0 atom stereocenters. The zero-order valence-corrected chi connectivity index (χ0v) is 20.1. The number of carbonyl (C=O) groups excluding carboxylic acids is 1. The van der Waals surface area contributed by atoms with E-state index < -0.39 is 15.9 Å². The monoisotopic (exact) mass is 482 g/mol. The average molecular weight is 483 g/mol. The number of aryl methyl sites for hydroxylation is 1. The van der Waals surface area contributed by atoms with Gasteiger partial charge in [-0.3, -0.25) is 9.52 Å².